The summed E-state index contributed by atoms with van der Waals surface area (Å²) in [5.41, 5.74) is 9.55. The van der Waals surface area contributed by atoms with Crippen molar-refractivity contribution < 1.29 is 19.4 Å². The molecule has 3 N–H and O–H groups in total. The van der Waals surface area contributed by atoms with Crippen molar-refractivity contribution in [1.82, 2.24) is 4.57 Å². The first kappa shape index (κ1) is 20.8. The molecule has 6 nitrogen and oxygen atoms in total. The minimum Gasteiger partial charge on any atom is -0.481 e. The number of aryl methyl sites for hydroxylation is 1. The van der Waals surface area contributed by atoms with Crippen molar-refractivity contribution >= 4 is 45.3 Å². The molecule has 3 aromatic carbocycles. The summed E-state index contributed by atoms with van der Waals surface area (Å²) in [4.78, 5) is 23.4. The lowest BCUT2D eigenvalue weighted by Crippen LogP contribution is -2.12. The van der Waals surface area contributed by atoms with E-state index in [-0.39, 0.29) is 0 Å². The van der Waals surface area contributed by atoms with Crippen LogP contribution < -0.4 is 10.5 Å². The molecular weight excluding hydrogens is 416 g/mol. The lowest BCUT2D eigenvalue weighted by atomic mass is 10.0. The maximum absolute atomic E-state index is 12.2. The third-order valence-corrected chi connectivity index (χ3v) is 5.70. The van der Waals surface area contributed by atoms with E-state index in [1.807, 2.05) is 49.4 Å². The molecule has 0 unspecified atom stereocenters. The molecule has 1 aromatic heterocycles. The van der Waals surface area contributed by atoms with E-state index in [0.29, 0.717) is 33.7 Å². The quantitative estimate of drug-likeness (QED) is 0.442. The number of halogens is 1. The van der Waals surface area contributed by atoms with Gasteiger partial charge in [-0.2, -0.15) is 0 Å². The van der Waals surface area contributed by atoms with E-state index < -0.39 is 18.5 Å². The Morgan fingerprint density at radius 3 is 2.52 bits per heavy atom. The third-order valence-electron chi connectivity index (χ3n) is 5.33. The summed E-state index contributed by atoms with van der Waals surface area (Å²) in [6.07, 6.45) is 0.732. The van der Waals surface area contributed by atoms with Crippen LogP contribution in [0.15, 0.2) is 54.6 Å². The predicted octanol–water partition coefficient (Wildman–Crippen LogP) is 4.62. The van der Waals surface area contributed by atoms with E-state index in [9.17, 15) is 9.59 Å². The Morgan fingerprint density at radius 1 is 1.06 bits per heavy atom. The van der Waals surface area contributed by atoms with Gasteiger partial charge in [-0.3, -0.25) is 4.79 Å². The van der Waals surface area contributed by atoms with Crippen molar-refractivity contribution in [2.45, 2.75) is 19.9 Å². The van der Waals surface area contributed by atoms with E-state index in [1.54, 1.807) is 12.1 Å². The van der Waals surface area contributed by atoms with Gasteiger partial charge >= 0.3 is 5.97 Å². The third kappa shape index (κ3) is 3.82. The fourth-order valence-corrected chi connectivity index (χ4v) is 4.10. The van der Waals surface area contributed by atoms with Gasteiger partial charge in [0.15, 0.2) is 6.61 Å². The van der Waals surface area contributed by atoms with Gasteiger partial charge in [0.2, 0.25) is 5.91 Å². The molecule has 1 heterocycles. The van der Waals surface area contributed by atoms with Gasteiger partial charge in [0.25, 0.3) is 0 Å². The zero-order valence-electron chi connectivity index (χ0n) is 16.9. The molecule has 0 saturated carbocycles. The van der Waals surface area contributed by atoms with Crippen LogP contribution >= 0.6 is 11.6 Å². The highest BCUT2D eigenvalue weighted by Gasteiger charge is 2.21. The van der Waals surface area contributed by atoms with Crippen LogP contribution in [0.2, 0.25) is 5.02 Å². The molecule has 1 amide bonds. The molecular formula is C24H21ClN2O4. The number of rotatable bonds is 7. The van der Waals surface area contributed by atoms with Crippen LogP contribution in [0.1, 0.15) is 28.4 Å². The normalized spacial score (nSPS) is 11.2. The van der Waals surface area contributed by atoms with Crippen LogP contribution in [-0.4, -0.2) is 28.2 Å². The Morgan fingerprint density at radius 2 is 1.84 bits per heavy atom. The second kappa shape index (κ2) is 8.32. The molecule has 0 saturated heterocycles. The van der Waals surface area contributed by atoms with E-state index in [1.165, 1.54) is 0 Å². The highest BCUT2D eigenvalue weighted by atomic mass is 35.5. The summed E-state index contributed by atoms with van der Waals surface area (Å²) >= 11 is 6.42. The summed E-state index contributed by atoms with van der Waals surface area (Å²) in [5, 5.41) is 11.1. The van der Waals surface area contributed by atoms with Crippen molar-refractivity contribution in [2.24, 2.45) is 5.73 Å². The zero-order valence-corrected chi connectivity index (χ0v) is 17.6. The molecule has 0 atom stereocenters. The maximum atomic E-state index is 12.2. The molecule has 0 aliphatic rings. The average molecular weight is 437 g/mol. The summed E-state index contributed by atoms with van der Waals surface area (Å²) in [5.74, 6) is -1.23. The molecule has 158 valence electrons. The minimum absolute atomic E-state index is 0.352. The van der Waals surface area contributed by atoms with Crippen molar-refractivity contribution in [1.29, 1.82) is 0 Å². The number of ether oxygens (including phenoxy) is 1. The standard InChI is InChI=1S/C24H21ClN2O4/c1-2-14-10-19-23(20(11-14)31-13-21(28)29)22-16(24(26)30)7-5-9-18(22)27(19)12-15-6-3-4-8-17(15)25/h3-11H,2,12-13H2,1H3,(H2,26,30)(H,28,29). The smallest absolute Gasteiger partial charge is 0.341 e. The molecule has 0 fully saturated rings. The highest BCUT2D eigenvalue weighted by Crippen LogP contribution is 2.39. The molecule has 0 aliphatic heterocycles. The Balaban J connectivity index is 2.09. The summed E-state index contributed by atoms with van der Waals surface area (Å²) in [6.45, 7) is 1.99. The van der Waals surface area contributed by atoms with Crippen LogP contribution in [-0.2, 0) is 17.8 Å². The van der Waals surface area contributed by atoms with Gasteiger partial charge in [-0.1, -0.05) is 42.8 Å². The van der Waals surface area contributed by atoms with Gasteiger partial charge in [-0.15, -0.1) is 0 Å². The van der Waals surface area contributed by atoms with Gasteiger partial charge < -0.3 is 20.1 Å². The second-order valence-electron chi connectivity index (χ2n) is 7.27. The van der Waals surface area contributed by atoms with Crippen LogP contribution in [0.25, 0.3) is 21.8 Å². The molecule has 4 rings (SSSR count). The SMILES string of the molecule is CCc1cc(OCC(=O)O)c2c3c(C(N)=O)cccc3n(Cc3ccccc3Cl)c2c1. The number of primary amides is 1. The average Bonchev–Trinajstić information content (AvgIpc) is 3.07. The molecule has 0 radical (unpaired) electrons. The first-order valence-electron chi connectivity index (χ1n) is 9.86. The maximum Gasteiger partial charge on any atom is 0.341 e. The molecule has 31 heavy (non-hydrogen) atoms. The monoisotopic (exact) mass is 436 g/mol. The predicted molar refractivity (Wildman–Crippen MR) is 121 cm³/mol. The number of carbonyl (C=O) groups excluding carboxylic acids is 1. The Bertz CT molecular complexity index is 1330. The van der Waals surface area contributed by atoms with Gasteiger partial charge in [0.05, 0.1) is 16.4 Å². The number of hydrogen-bond donors (Lipinski definition) is 2. The number of carbonyl (C=O) groups is 2. The van der Waals surface area contributed by atoms with E-state index in [0.717, 1.165) is 28.6 Å². The van der Waals surface area contributed by atoms with Crippen LogP contribution in [0, 0.1) is 0 Å². The van der Waals surface area contributed by atoms with Crippen molar-refractivity contribution in [3.63, 3.8) is 0 Å². The highest BCUT2D eigenvalue weighted by molar-refractivity contribution is 6.31. The lowest BCUT2D eigenvalue weighted by Gasteiger charge is -2.12. The number of fused-ring (bicyclic) bond motifs is 3. The van der Waals surface area contributed by atoms with Gasteiger partial charge in [0.1, 0.15) is 5.75 Å². The fraction of sp³-hybridized carbons (Fsp3) is 0.167. The Kier molecular flexibility index (Phi) is 5.57. The first-order valence-corrected chi connectivity index (χ1v) is 10.2. The zero-order chi connectivity index (χ0) is 22.1. The van der Waals surface area contributed by atoms with Gasteiger partial charge in [-0.05, 0) is 47.9 Å². The number of carboxylic acid groups (broad SMARTS) is 1. The van der Waals surface area contributed by atoms with Crippen molar-refractivity contribution in [2.75, 3.05) is 6.61 Å². The number of amides is 1. The Hall–Kier alpha value is -3.51. The molecule has 0 aliphatic carbocycles. The number of carboxylic acids is 1. The van der Waals surface area contributed by atoms with E-state index >= 15 is 0 Å². The van der Waals surface area contributed by atoms with Gasteiger partial charge in [0, 0.05) is 22.5 Å². The van der Waals surface area contributed by atoms with Crippen molar-refractivity contribution in [3.05, 3.63) is 76.3 Å². The summed E-state index contributed by atoms with van der Waals surface area (Å²) in [6, 6.07) is 16.8. The van der Waals surface area contributed by atoms with Crippen LogP contribution in [0.3, 0.4) is 0 Å². The largest absolute Gasteiger partial charge is 0.481 e. The summed E-state index contributed by atoms with van der Waals surface area (Å²) in [7, 11) is 0. The first-order chi connectivity index (χ1) is 14.9. The van der Waals surface area contributed by atoms with E-state index in [2.05, 4.69) is 4.57 Å². The number of aliphatic carboxylic acids is 1. The lowest BCUT2D eigenvalue weighted by molar-refractivity contribution is -0.139. The number of aromatic nitrogens is 1. The molecule has 7 heteroatoms. The van der Waals surface area contributed by atoms with Crippen LogP contribution in [0.4, 0.5) is 0 Å². The second-order valence-corrected chi connectivity index (χ2v) is 7.67. The van der Waals surface area contributed by atoms with E-state index in [4.69, 9.17) is 27.2 Å². The Labute approximate surface area is 183 Å². The number of nitrogens with zero attached hydrogens (tertiary/aromatic N) is 1. The molecule has 0 bridgehead atoms. The molecule has 0 spiro atoms. The topological polar surface area (TPSA) is 94.6 Å². The minimum atomic E-state index is -1.08. The molecule has 4 aromatic rings. The van der Waals surface area contributed by atoms with Crippen molar-refractivity contribution in [3.8, 4) is 5.75 Å². The van der Waals surface area contributed by atoms with Crippen LogP contribution in [0.5, 0.6) is 5.75 Å². The number of benzene rings is 3. The fourth-order valence-electron chi connectivity index (χ4n) is 3.91. The number of nitrogens with two attached hydrogens (primary N) is 1. The number of hydrogen-bond acceptors (Lipinski definition) is 3. The summed E-state index contributed by atoms with van der Waals surface area (Å²) < 4.78 is 7.72. The van der Waals surface area contributed by atoms with Gasteiger partial charge in [-0.25, -0.2) is 4.79 Å².